The number of H-pyrrole nitrogens is 1. The predicted molar refractivity (Wildman–Crippen MR) is 107 cm³/mol. The summed E-state index contributed by atoms with van der Waals surface area (Å²) in [5.41, 5.74) is 1.67. The predicted octanol–water partition coefficient (Wildman–Crippen LogP) is 2.10. The Bertz CT molecular complexity index is 815. The molecule has 0 radical (unpaired) electrons. The Kier molecular flexibility index (Phi) is 6.07. The first-order chi connectivity index (χ1) is 14.2. The number of amides is 2. The van der Waals surface area contributed by atoms with Crippen LogP contribution in [0.4, 0.5) is 0 Å². The van der Waals surface area contributed by atoms with Crippen LogP contribution in [0.1, 0.15) is 32.1 Å². The number of likely N-dealkylation sites (tertiary alicyclic amines) is 2. The van der Waals surface area contributed by atoms with Crippen LogP contribution < -0.4 is 4.74 Å². The molecule has 154 valence electrons. The minimum atomic E-state index is -0.0582. The Balaban J connectivity index is 1.25. The van der Waals surface area contributed by atoms with Gasteiger partial charge in [0.1, 0.15) is 12.2 Å². The first-order valence-corrected chi connectivity index (χ1v) is 10.3. The van der Waals surface area contributed by atoms with E-state index in [0.29, 0.717) is 18.9 Å². The van der Waals surface area contributed by atoms with Crippen molar-refractivity contribution >= 4 is 11.8 Å². The minimum absolute atomic E-state index is 0.00738. The normalized spacial score (nSPS) is 19.4. The Morgan fingerprint density at radius 3 is 2.59 bits per heavy atom. The molecule has 2 amide bonds. The number of ether oxygens (including phenoxy) is 1. The van der Waals surface area contributed by atoms with Gasteiger partial charge >= 0.3 is 0 Å². The lowest BCUT2D eigenvalue weighted by Gasteiger charge is -2.33. The van der Waals surface area contributed by atoms with Gasteiger partial charge in [0.25, 0.3) is 0 Å². The second-order valence-corrected chi connectivity index (χ2v) is 7.77. The average molecular weight is 397 g/mol. The van der Waals surface area contributed by atoms with Gasteiger partial charge in [-0.05, 0) is 43.9 Å². The summed E-state index contributed by atoms with van der Waals surface area (Å²) in [4.78, 5) is 32.8. The molecular weight excluding hydrogens is 370 g/mol. The lowest BCUT2D eigenvalue weighted by molar-refractivity contribution is -0.141. The molecule has 2 fully saturated rings. The maximum absolute atomic E-state index is 12.6. The van der Waals surface area contributed by atoms with E-state index in [0.717, 1.165) is 56.7 Å². The Hall–Kier alpha value is -2.90. The van der Waals surface area contributed by atoms with Crippen molar-refractivity contribution in [3.05, 3.63) is 30.6 Å². The number of piperidine rings is 1. The highest BCUT2D eigenvalue weighted by atomic mass is 16.5. The second-order valence-electron chi connectivity index (χ2n) is 7.77. The first kappa shape index (κ1) is 19.4. The maximum atomic E-state index is 12.6. The number of nitrogens with one attached hydrogen (secondary N) is 1. The van der Waals surface area contributed by atoms with Crippen molar-refractivity contribution in [3.8, 4) is 17.1 Å². The summed E-state index contributed by atoms with van der Waals surface area (Å²) in [6.07, 6.45) is 7.43. The van der Waals surface area contributed by atoms with Gasteiger partial charge in [-0.15, -0.1) is 0 Å². The van der Waals surface area contributed by atoms with E-state index in [1.54, 1.807) is 12.4 Å². The number of hydrogen-bond donors (Lipinski definition) is 1. The second kappa shape index (κ2) is 9.07. The average Bonchev–Trinajstić information content (AvgIpc) is 3.47. The summed E-state index contributed by atoms with van der Waals surface area (Å²) in [6.45, 7) is 3.48. The van der Waals surface area contributed by atoms with Crippen molar-refractivity contribution in [1.29, 1.82) is 0 Å². The molecule has 8 heteroatoms. The van der Waals surface area contributed by atoms with Crippen LogP contribution in [0.5, 0.6) is 5.75 Å². The molecule has 2 saturated heterocycles. The van der Waals surface area contributed by atoms with E-state index in [-0.39, 0.29) is 24.2 Å². The van der Waals surface area contributed by atoms with Crippen molar-refractivity contribution in [1.82, 2.24) is 25.0 Å². The number of aromatic amines is 1. The van der Waals surface area contributed by atoms with Gasteiger partial charge in [-0.3, -0.25) is 19.7 Å². The van der Waals surface area contributed by atoms with E-state index in [1.165, 1.54) is 0 Å². The number of hydrogen-bond acceptors (Lipinski definition) is 5. The van der Waals surface area contributed by atoms with Crippen LogP contribution in [0.25, 0.3) is 11.4 Å². The highest BCUT2D eigenvalue weighted by molar-refractivity contribution is 5.97. The Morgan fingerprint density at radius 2 is 1.86 bits per heavy atom. The topological polar surface area (TPSA) is 91.4 Å². The van der Waals surface area contributed by atoms with Crippen molar-refractivity contribution < 1.29 is 14.3 Å². The zero-order valence-corrected chi connectivity index (χ0v) is 16.5. The van der Waals surface area contributed by atoms with Crippen molar-refractivity contribution in [3.63, 3.8) is 0 Å². The highest BCUT2D eigenvalue weighted by Gasteiger charge is 2.27. The first-order valence-electron chi connectivity index (χ1n) is 10.3. The van der Waals surface area contributed by atoms with Crippen molar-refractivity contribution in [2.45, 2.75) is 32.1 Å². The van der Waals surface area contributed by atoms with Gasteiger partial charge in [-0.2, -0.15) is 5.10 Å². The third-order valence-electron chi connectivity index (χ3n) is 5.63. The van der Waals surface area contributed by atoms with Crippen LogP contribution in [-0.2, 0) is 9.59 Å². The standard InChI is InChI=1S/C21H27N5O3/c27-20(25-9-1-2-10-25)12-21(28)26-11-3-4-16(14-26)15-29-17-5-6-18(22-13-17)19-7-8-23-24-19/h5-8,13,16H,1-4,9-12,14-15H2,(H,23,24)/t16-/m1/s1. The number of rotatable bonds is 6. The third-order valence-corrected chi connectivity index (χ3v) is 5.63. The fourth-order valence-electron chi connectivity index (χ4n) is 3.98. The molecule has 2 aromatic rings. The summed E-state index contributed by atoms with van der Waals surface area (Å²) < 4.78 is 5.91. The molecule has 2 aliphatic heterocycles. The molecule has 4 heterocycles. The van der Waals surface area contributed by atoms with Crippen LogP contribution >= 0.6 is 0 Å². The molecule has 1 atom stereocenters. The molecule has 29 heavy (non-hydrogen) atoms. The zero-order chi connectivity index (χ0) is 20.1. The molecule has 0 bridgehead atoms. The SMILES string of the molecule is O=C(CC(=O)N1CCC[C@@H](COc2ccc(-c3ccn[nH]3)nc2)C1)N1CCCC1. The van der Waals surface area contributed by atoms with E-state index in [2.05, 4.69) is 15.2 Å². The van der Waals surface area contributed by atoms with Crippen molar-refractivity contribution in [2.24, 2.45) is 5.92 Å². The smallest absolute Gasteiger partial charge is 0.232 e. The van der Waals surface area contributed by atoms with Gasteiger partial charge < -0.3 is 14.5 Å². The Morgan fingerprint density at radius 1 is 1.07 bits per heavy atom. The van der Waals surface area contributed by atoms with Gasteiger partial charge in [-0.1, -0.05) is 0 Å². The quantitative estimate of drug-likeness (QED) is 0.754. The van der Waals surface area contributed by atoms with Gasteiger partial charge in [-0.25, -0.2) is 0 Å². The van der Waals surface area contributed by atoms with Crippen LogP contribution in [-0.4, -0.2) is 69.6 Å². The summed E-state index contributed by atoms with van der Waals surface area (Å²) in [5.74, 6) is 0.884. The molecule has 8 nitrogen and oxygen atoms in total. The number of nitrogens with zero attached hydrogens (tertiary/aromatic N) is 4. The largest absolute Gasteiger partial charge is 0.492 e. The summed E-state index contributed by atoms with van der Waals surface area (Å²) in [6, 6.07) is 5.65. The van der Waals surface area contributed by atoms with Gasteiger partial charge in [0.05, 0.1) is 24.2 Å². The fourth-order valence-corrected chi connectivity index (χ4v) is 3.98. The Labute approximate surface area is 170 Å². The van der Waals surface area contributed by atoms with E-state index < -0.39 is 0 Å². The summed E-state index contributed by atoms with van der Waals surface area (Å²) in [7, 11) is 0. The lowest BCUT2D eigenvalue weighted by Crippen LogP contribution is -2.43. The molecule has 1 N–H and O–H groups in total. The molecule has 0 aliphatic carbocycles. The third kappa shape index (κ3) is 4.93. The maximum Gasteiger partial charge on any atom is 0.232 e. The minimum Gasteiger partial charge on any atom is -0.492 e. The van der Waals surface area contributed by atoms with E-state index in [9.17, 15) is 9.59 Å². The van der Waals surface area contributed by atoms with E-state index >= 15 is 0 Å². The van der Waals surface area contributed by atoms with Crippen molar-refractivity contribution in [2.75, 3.05) is 32.8 Å². The number of pyridine rings is 1. The molecule has 2 aromatic heterocycles. The summed E-state index contributed by atoms with van der Waals surface area (Å²) in [5, 5.41) is 6.81. The molecule has 2 aliphatic rings. The van der Waals surface area contributed by atoms with E-state index in [4.69, 9.17) is 4.74 Å². The monoisotopic (exact) mass is 397 g/mol. The molecular formula is C21H27N5O3. The van der Waals surface area contributed by atoms with Crippen LogP contribution in [0.2, 0.25) is 0 Å². The van der Waals surface area contributed by atoms with Gasteiger partial charge in [0, 0.05) is 38.3 Å². The zero-order valence-electron chi connectivity index (χ0n) is 16.5. The number of aromatic nitrogens is 3. The number of carbonyl (C=O) groups is 2. The summed E-state index contributed by atoms with van der Waals surface area (Å²) >= 11 is 0. The lowest BCUT2D eigenvalue weighted by atomic mass is 9.98. The van der Waals surface area contributed by atoms with Crippen LogP contribution in [0.15, 0.2) is 30.6 Å². The molecule has 0 unspecified atom stereocenters. The van der Waals surface area contributed by atoms with Crippen LogP contribution in [0, 0.1) is 5.92 Å². The van der Waals surface area contributed by atoms with Gasteiger partial charge in [0.15, 0.2) is 0 Å². The molecule has 0 aromatic carbocycles. The van der Waals surface area contributed by atoms with Crippen LogP contribution in [0.3, 0.4) is 0 Å². The molecule has 0 saturated carbocycles. The highest BCUT2D eigenvalue weighted by Crippen LogP contribution is 2.21. The number of carbonyl (C=O) groups excluding carboxylic acids is 2. The molecule has 4 rings (SSSR count). The van der Waals surface area contributed by atoms with E-state index in [1.807, 2.05) is 28.0 Å². The molecule has 0 spiro atoms. The fraction of sp³-hybridized carbons (Fsp3) is 0.524. The van der Waals surface area contributed by atoms with Gasteiger partial charge in [0.2, 0.25) is 11.8 Å².